The molecule has 0 saturated heterocycles. The highest BCUT2D eigenvalue weighted by molar-refractivity contribution is 6.06. The van der Waals surface area contributed by atoms with Gasteiger partial charge in [-0.2, -0.15) is 0 Å². The first-order chi connectivity index (χ1) is 11.6. The van der Waals surface area contributed by atoms with Crippen LogP contribution in [0.2, 0.25) is 0 Å². The molecule has 5 heteroatoms. The average Bonchev–Trinajstić information content (AvgIpc) is 3.18. The fraction of sp³-hybridized carbons (Fsp3) is 0.158. The lowest BCUT2D eigenvalue weighted by molar-refractivity contribution is 0.0940. The Morgan fingerprint density at radius 1 is 1.17 bits per heavy atom. The maximum absolute atomic E-state index is 12.7. The molecule has 0 spiro atoms. The zero-order valence-corrected chi connectivity index (χ0v) is 13.6. The van der Waals surface area contributed by atoms with Crippen molar-refractivity contribution in [2.75, 3.05) is 0 Å². The van der Waals surface area contributed by atoms with Crippen molar-refractivity contribution in [2.45, 2.75) is 13.0 Å². The van der Waals surface area contributed by atoms with E-state index in [1.54, 1.807) is 0 Å². The molecule has 0 bridgehead atoms. The van der Waals surface area contributed by atoms with Crippen LogP contribution in [0.3, 0.4) is 0 Å². The van der Waals surface area contributed by atoms with E-state index < -0.39 is 0 Å². The molecule has 0 aliphatic heterocycles. The molecule has 1 unspecified atom stereocenters. The topological polar surface area (TPSA) is 62.7 Å². The number of carbonyl (C=O) groups is 1. The maximum atomic E-state index is 12.7. The third kappa shape index (κ3) is 2.34. The Kier molecular flexibility index (Phi) is 3.34. The maximum Gasteiger partial charge on any atom is 0.252 e. The summed E-state index contributed by atoms with van der Waals surface area (Å²) < 4.78 is 2.01. The number of hydrogen-bond acceptors (Lipinski definition) is 2. The van der Waals surface area contributed by atoms with E-state index >= 15 is 0 Å². The first-order valence-electron chi connectivity index (χ1n) is 7.93. The molecule has 0 fully saturated rings. The van der Waals surface area contributed by atoms with Crippen molar-refractivity contribution >= 4 is 27.8 Å². The van der Waals surface area contributed by atoms with Crippen molar-refractivity contribution in [1.29, 1.82) is 0 Å². The lowest BCUT2D eigenvalue weighted by atomic mass is 10.1. The summed E-state index contributed by atoms with van der Waals surface area (Å²) in [6, 6.07) is 15.4. The number of hydrogen-bond donors (Lipinski definition) is 2. The van der Waals surface area contributed by atoms with Crippen LogP contribution in [-0.2, 0) is 7.05 Å². The number of para-hydroxylation sites is 2. The summed E-state index contributed by atoms with van der Waals surface area (Å²) in [6.07, 6.45) is 1.96. The predicted molar refractivity (Wildman–Crippen MR) is 94.9 cm³/mol. The van der Waals surface area contributed by atoms with E-state index in [-0.39, 0.29) is 11.9 Å². The third-order valence-corrected chi connectivity index (χ3v) is 4.34. The smallest absolute Gasteiger partial charge is 0.252 e. The molecule has 2 aromatic heterocycles. The van der Waals surface area contributed by atoms with Gasteiger partial charge in [-0.15, -0.1) is 0 Å². The van der Waals surface area contributed by atoms with Gasteiger partial charge < -0.3 is 14.9 Å². The number of nitrogens with zero attached hydrogens (tertiary/aromatic N) is 2. The number of aromatic amines is 1. The molecule has 5 nitrogen and oxygen atoms in total. The van der Waals surface area contributed by atoms with Gasteiger partial charge in [0.15, 0.2) is 0 Å². The number of nitrogens with one attached hydrogen (secondary N) is 2. The van der Waals surface area contributed by atoms with E-state index in [1.165, 1.54) is 0 Å². The quantitative estimate of drug-likeness (QED) is 0.607. The first-order valence-corrected chi connectivity index (χ1v) is 7.93. The highest BCUT2D eigenvalue weighted by Crippen LogP contribution is 2.21. The van der Waals surface area contributed by atoms with Crippen molar-refractivity contribution < 1.29 is 4.79 Å². The second-order valence-electron chi connectivity index (χ2n) is 6.00. The first kappa shape index (κ1) is 14.5. The molecule has 1 atom stereocenters. The van der Waals surface area contributed by atoms with Crippen LogP contribution in [0, 0.1) is 0 Å². The van der Waals surface area contributed by atoms with Gasteiger partial charge in [0, 0.05) is 29.7 Å². The van der Waals surface area contributed by atoms with Crippen LogP contribution in [-0.4, -0.2) is 20.4 Å². The molecule has 0 aliphatic carbocycles. The minimum absolute atomic E-state index is 0.0974. The molecule has 2 aromatic carbocycles. The molecule has 0 radical (unpaired) electrons. The van der Waals surface area contributed by atoms with E-state index in [2.05, 4.69) is 15.3 Å². The molecule has 2 heterocycles. The van der Waals surface area contributed by atoms with Gasteiger partial charge in [0.25, 0.3) is 5.91 Å². The summed E-state index contributed by atoms with van der Waals surface area (Å²) in [6.45, 7) is 1.93. The van der Waals surface area contributed by atoms with Crippen LogP contribution in [0.1, 0.15) is 29.1 Å². The van der Waals surface area contributed by atoms with Crippen molar-refractivity contribution in [1.82, 2.24) is 19.9 Å². The van der Waals surface area contributed by atoms with Gasteiger partial charge in [-0.1, -0.05) is 18.2 Å². The highest BCUT2D eigenvalue weighted by Gasteiger charge is 2.17. The molecule has 2 N–H and O–H groups in total. The number of amides is 1. The van der Waals surface area contributed by atoms with Crippen LogP contribution in [0.15, 0.2) is 54.7 Å². The molecule has 120 valence electrons. The Hall–Kier alpha value is -3.08. The van der Waals surface area contributed by atoms with Gasteiger partial charge in [-0.25, -0.2) is 4.98 Å². The SMILES string of the molecule is CC(NC(=O)c1cccc2c1ccn2C)c1nc2ccccc2[nH]1. The van der Waals surface area contributed by atoms with E-state index in [9.17, 15) is 4.79 Å². The summed E-state index contributed by atoms with van der Waals surface area (Å²) in [4.78, 5) is 20.5. The Morgan fingerprint density at radius 2 is 2.00 bits per heavy atom. The molecule has 24 heavy (non-hydrogen) atoms. The van der Waals surface area contributed by atoms with Gasteiger partial charge >= 0.3 is 0 Å². The van der Waals surface area contributed by atoms with E-state index in [1.807, 2.05) is 73.3 Å². The van der Waals surface area contributed by atoms with Crippen LogP contribution >= 0.6 is 0 Å². The van der Waals surface area contributed by atoms with Gasteiger partial charge in [0.05, 0.1) is 17.1 Å². The molecule has 0 saturated carbocycles. The molecule has 1 amide bonds. The van der Waals surface area contributed by atoms with Crippen LogP contribution in [0.25, 0.3) is 21.9 Å². The number of fused-ring (bicyclic) bond motifs is 2. The Labute approximate surface area is 139 Å². The predicted octanol–water partition coefficient (Wildman–Crippen LogP) is 3.55. The molecule has 4 aromatic rings. The van der Waals surface area contributed by atoms with E-state index in [0.29, 0.717) is 5.56 Å². The monoisotopic (exact) mass is 318 g/mol. The Bertz CT molecular complexity index is 1010. The summed E-state index contributed by atoms with van der Waals surface area (Å²) in [5.74, 6) is 0.657. The van der Waals surface area contributed by atoms with Crippen molar-refractivity contribution in [3.8, 4) is 0 Å². The van der Waals surface area contributed by atoms with Crippen LogP contribution < -0.4 is 5.32 Å². The van der Waals surface area contributed by atoms with Crippen molar-refractivity contribution in [2.24, 2.45) is 7.05 Å². The third-order valence-electron chi connectivity index (χ3n) is 4.34. The molecular weight excluding hydrogens is 300 g/mol. The highest BCUT2D eigenvalue weighted by atomic mass is 16.1. The van der Waals surface area contributed by atoms with Crippen molar-refractivity contribution in [3.05, 3.63) is 66.1 Å². The summed E-state index contributed by atoms with van der Waals surface area (Å²) in [5, 5.41) is 3.99. The number of H-pyrrole nitrogens is 1. The van der Waals surface area contributed by atoms with Gasteiger partial charge in [-0.3, -0.25) is 4.79 Å². The fourth-order valence-corrected chi connectivity index (χ4v) is 3.02. The molecule has 4 rings (SSSR count). The van der Waals surface area contributed by atoms with Gasteiger partial charge in [0.2, 0.25) is 0 Å². The van der Waals surface area contributed by atoms with Crippen LogP contribution in [0.4, 0.5) is 0 Å². The average molecular weight is 318 g/mol. The second-order valence-corrected chi connectivity index (χ2v) is 6.00. The van der Waals surface area contributed by atoms with Crippen LogP contribution in [0.5, 0.6) is 0 Å². The number of aromatic nitrogens is 3. The van der Waals surface area contributed by atoms with E-state index in [0.717, 1.165) is 27.8 Å². The van der Waals surface area contributed by atoms with Gasteiger partial charge in [-0.05, 0) is 37.3 Å². The minimum Gasteiger partial charge on any atom is -0.351 e. The zero-order valence-electron chi connectivity index (χ0n) is 13.6. The number of imidazole rings is 1. The Balaban J connectivity index is 1.62. The number of aryl methyl sites for hydroxylation is 1. The zero-order chi connectivity index (χ0) is 16.7. The normalized spacial score (nSPS) is 12.6. The number of carbonyl (C=O) groups excluding carboxylic acids is 1. The Morgan fingerprint density at radius 3 is 2.83 bits per heavy atom. The lowest BCUT2D eigenvalue weighted by Crippen LogP contribution is -2.27. The summed E-state index contributed by atoms with van der Waals surface area (Å²) in [5.41, 5.74) is 3.59. The van der Waals surface area contributed by atoms with Crippen molar-refractivity contribution in [3.63, 3.8) is 0 Å². The van der Waals surface area contributed by atoms with E-state index in [4.69, 9.17) is 0 Å². The number of rotatable bonds is 3. The van der Waals surface area contributed by atoms with Gasteiger partial charge in [0.1, 0.15) is 5.82 Å². The summed E-state index contributed by atoms with van der Waals surface area (Å²) in [7, 11) is 1.97. The molecular formula is C19H18N4O. The lowest BCUT2D eigenvalue weighted by Gasteiger charge is -2.12. The molecule has 0 aliphatic rings. The second kappa shape index (κ2) is 5.53. The largest absolute Gasteiger partial charge is 0.351 e. The standard InChI is InChI=1S/C19H18N4O/c1-12(18-21-15-7-3-4-8-16(15)22-18)20-19(24)14-6-5-9-17-13(14)10-11-23(17)2/h3-12H,1-2H3,(H,20,24)(H,21,22). The summed E-state index contributed by atoms with van der Waals surface area (Å²) >= 11 is 0. The number of benzene rings is 2. The fourth-order valence-electron chi connectivity index (χ4n) is 3.02. The minimum atomic E-state index is -0.205.